The molecule has 272 valence electrons. The van der Waals surface area contributed by atoms with Crippen molar-refractivity contribution in [3.05, 3.63) is 114 Å². The second kappa shape index (κ2) is 15.2. The molecule has 3 aromatic carbocycles. The molecule has 0 aliphatic rings. The number of amides is 1. The van der Waals surface area contributed by atoms with Crippen LogP contribution in [0.3, 0.4) is 0 Å². The Morgan fingerprint density at radius 1 is 0.577 bits per heavy atom. The molecule has 0 bridgehead atoms. The first-order chi connectivity index (χ1) is 24.4. The predicted molar refractivity (Wildman–Crippen MR) is 222 cm³/mol. The molecule has 0 spiro atoms. The van der Waals surface area contributed by atoms with Crippen LogP contribution in [-0.4, -0.2) is 22.9 Å². The third-order valence-corrected chi connectivity index (χ3v) is 10.1. The minimum absolute atomic E-state index is 0.0234. The van der Waals surface area contributed by atoms with Crippen LogP contribution in [0.2, 0.25) is 0 Å². The predicted octanol–water partition coefficient (Wildman–Crippen LogP) is 12.9. The van der Waals surface area contributed by atoms with Crippen LogP contribution in [0, 0.1) is 0 Å². The van der Waals surface area contributed by atoms with E-state index in [1.165, 1.54) is 22.3 Å². The van der Waals surface area contributed by atoms with Gasteiger partial charge in [0.2, 0.25) is 6.41 Å². The molecule has 0 saturated carbocycles. The summed E-state index contributed by atoms with van der Waals surface area (Å²) >= 11 is 0. The first-order valence-electron chi connectivity index (χ1n) is 19.0. The van der Waals surface area contributed by atoms with E-state index in [-0.39, 0.29) is 16.2 Å². The van der Waals surface area contributed by atoms with Crippen molar-refractivity contribution in [1.29, 1.82) is 0 Å². The van der Waals surface area contributed by atoms with E-state index in [0.29, 0.717) is 12.5 Å². The molecule has 0 aliphatic heterocycles. The fourth-order valence-electron chi connectivity index (χ4n) is 6.36. The lowest BCUT2D eigenvalue weighted by Crippen LogP contribution is -2.22. The van der Waals surface area contributed by atoms with E-state index in [1.54, 1.807) is 0 Å². The number of carbonyl (C=O) groups excluding carboxylic acids is 1. The van der Waals surface area contributed by atoms with Gasteiger partial charge in [-0.1, -0.05) is 114 Å². The largest absolute Gasteiger partial charge is 0.315 e. The maximum absolute atomic E-state index is 12.4. The van der Waals surface area contributed by atoms with Crippen LogP contribution in [0.1, 0.15) is 124 Å². The number of pyridine rings is 2. The number of hydrogen-bond donors (Lipinski definition) is 0. The summed E-state index contributed by atoms with van der Waals surface area (Å²) in [6.07, 6.45) is 6.82. The molecule has 0 fully saturated rings. The third-order valence-electron chi connectivity index (χ3n) is 10.1. The van der Waals surface area contributed by atoms with E-state index in [0.717, 1.165) is 69.7 Å². The van der Waals surface area contributed by atoms with Gasteiger partial charge in [-0.25, -0.2) is 0 Å². The Bertz CT molecular complexity index is 1970. The van der Waals surface area contributed by atoms with Crippen LogP contribution in [-0.2, 0) is 21.0 Å². The van der Waals surface area contributed by atoms with Crippen molar-refractivity contribution in [3.63, 3.8) is 0 Å². The fourth-order valence-corrected chi connectivity index (χ4v) is 6.36. The summed E-state index contributed by atoms with van der Waals surface area (Å²) in [5.41, 5.74) is 14.4. The molecule has 4 heteroatoms. The Labute approximate surface area is 313 Å². The van der Waals surface area contributed by atoms with Crippen molar-refractivity contribution in [2.24, 2.45) is 0 Å². The maximum Gasteiger partial charge on any atom is 0.214 e. The number of unbranched alkanes of at least 4 members (excludes halogenated alkanes) is 1. The molecule has 0 N–H and O–H groups in total. The molecule has 0 radical (unpaired) electrons. The van der Waals surface area contributed by atoms with Gasteiger partial charge in [0, 0.05) is 46.9 Å². The van der Waals surface area contributed by atoms with Crippen molar-refractivity contribution in [2.45, 2.75) is 118 Å². The Kier molecular flexibility index (Phi) is 11.3. The van der Waals surface area contributed by atoms with Gasteiger partial charge < -0.3 is 4.90 Å². The minimum atomic E-state index is 0.0234. The summed E-state index contributed by atoms with van der Waals surface area (Å²) in [7, 11) is 0. The smallest absolute Gasteiger partial charge is 0.214 e. The van der Waals surface area contributed by atoms with Gasteiger partial charge in [0.15, 0.2) is 0 Å². The molecule has 52 heavy (non-hydrogen) atoms. The van der Waals surface area contributed by atoms with Gasteiger partial charge in [-0.3, -0.25) is 14.8 Å². The summed E-state index contributed by atoms with van der Waals surface area (Å²) < 4.78 is 0. The Morgan fingerprint density at radius 2 is 1.04 bits per heavy atom. The number of aromatic nitrogens is 2. The van der Waals surface area contributed by atoms with E-state index in [1.807, 2.05) is 17.3 Å². The van der Waals surface area contributed by atoms with Crippen molar-refractivity contribution < 1.29 is 4.79 Å². The van der Waals surface area contributed by atoms with Gasteiger partial charge in [0.25, 0.3) is 0 Å². The Hall–Kier alpha value is -4.57. The van der Waals surface area contributed by atoms with E-state index in [2.05, 4.69) is 162 Å². The van der Waals surface area contributed by atoms with Gasteiger partial charge in [-0.15, -0.1) is 0 Å². The zero-order valence-corrected chi connectivity index (χ0v) is 33.7. The van der Waals surface area contributed by atoms with E-state index >= 15 is 0 Å². The van der Waals surface area contributed by atoms with Crippen LogP contribution >= 0.6 is 0 Å². The lowest BCUT2D eigenvalue weighted by Gasteiger charge is -2.26. The number of rotatable bonds is 10. The van der Waals surface area contributed by atoms with Gasteiger partial charge in [0.1, 0.15) is 0 Å². The Balaban J connectivity index is 1.56. The molecule has 0 unspecified atom stereocenters. The first-order valence-corrected chi connectivity index (χ1v) is 19.0. The summed E-state index contributed by atoms with van der Waals surface area (Å²) in [5, 5.41) is 0. The zero-order chi connectivity index (χ0) is 38.0. The number of nitrogens with zero attached hydrogens (tertiary/aromatic N) is 3. The molecule has 1 amide bonds. The molecule has 2 aromatic heterocycles. The minimum Gasteiger partial charge on any atom is -0.315 e. The van der Waals surface area contributed by atoms with Crippen LogP contribution in [0.15, 0.2) is 91.3 Å². The van der Waals surface area contributed by atoms with Crippen molar-refractivity contribution in [3.8, 4) is 44.8 Å². The second-order valence-corrected chi connectivity index (χ2v) is 17.8. The van der Waals surface area contributed by atoms with E-state index in [4.69, 9.17) is 9.97 Å². The van der Waals surface area contributed by atoms with E-state index in [9.17, 15) is 4.79 Å². The second-order valence-electron chi connectivity index (χ2n) is 17.8. The molecule has 0 aliphatic carbocycles. The zero-order valence-electron chi connectivity index (χ0n) is 33.7. The van der Waals surface area contributed by atoms with Crippen molar-refractivity contribution in [2.75, 3.05) is 11.4 Å². The molecular formula is C48H59N3O. The van der Waals surface area contributed by atoms with Gasteiger partial charge >= 0.3 is 0 Å². The SMILES string of the molecule is CCCCN(C=O)c1cc(-c2ccc(-c3cc(C(C)C)cc(C(C)(C)C)c3)nc2)cc(-c2ccc(-c3cc(C(C)(C)C)cc(C(C)(C)C)c3)nc2)c1. The summed E-state index contributed by atoms with van der Waals surface area (Å²) in [6, 6.07) is 28.7. The van der Waals surface area contributed by atoms with Crippen LogP contribution < -0.4 is 4.90 Å². The standard InChI is InChI=1S/C48H59N3O/c1-13-14-19-51(31-52)43-26-36(33-15-17-44(49-29-33)38-20-35(32(2)3)22-40(23-38)46(4,5)6)21-37(27-43)34-16-18-45(50-30-34)39-24-41(47(7,8)9)28-42(25-39)48(10,11)12/h15-18,20-32H,13-14,19H2,1-12H3. The van der Waals surface area contributed by atoms with Crippen LogP contribution in [0.4, 0.5) is 5.69 Å². The molecular weight excluding hydrogens is 635 g/mol. The highest BCUT2D eigenvalue weighted by Crippen LogP contribution is 2.37. The third kappa shape index (κ3) is 9.07. The van der Waals surface area contributed by atoms with Crippen molar-refractivity contribution in [1.82, 2.24) is 9.97 Å². The Morgan fingerprint density at radius 3 is 1.42 bits per heavy atom. The lowest BCUT2D eigenvalue weighted by molar-refractivity contribution is -0.107. The number of hydrogen-bond acceptors (Lipinski definition) is 3. The highest BCUT2D eigenvalue weighted by molar-refractivity contribution is 5.84. The molecule has 5 aromatic rings. The maximum atomic E-state index is 12.4. The topological polar surface area (TPSA) is 46.1 Å². The summed E-state index contributed by atoms with van der Waals surface area (Å²) in [4.78, 5) is 24.2. The monoisotopic (exact) mass is 693 g/mol. The number of anilines is 1. The van der Waals surface area contributed by atoms with Crippen LogP contribution in [0.25, 0.3) is 44.8 Å². The van der Waals surface area contributed by atoms with Crippen LogP contribution in [0.5, 0.6) is 0 Å². The molecule has 5 rings (SSSR count). The average molecular weight is 694 g/mol. The van der Waals surface area contributed by atoms with E-state index < -0.39 is 0 Å². The lowest BCUT2D eigenvalue weighted by atomic mass is 9.79. The normalized spacial score (nSPS) is 12.3. The van der Waals surface area contributed by atoms with Gasteiger partial charge in [0.05, 0.1) is 11.4 Å². The number of carbonyl (C=O) groups is 1. The highest BCUT2D eigenvalue weighted by atomic mass is 16.1. The quantitative estimate of drug-likeness (QED) is 0.137. The van der Waals surface area contributed by atoms with Gasteiger partial charge in [-0.05, 0) is 117 Å². The molecule has 2 heterocycles. The fraction of sp³-hybridized carbons (Fsp3) is 0.396. The molecule has 0 saturated heterocycles. The first kappa shape index (κ1) is 38.7. The highest BCUT2D eigenvalue weighted by Gasteiger charge is 2.22. The summed E-state index contributed by atoms with van der Waals surface area (Å²) in [5.74, 6) is 0.424. The molecule has 4 nitrogen and oxygen atoms in total. The number of benzene rings is 3. The van der Waals surface area contributed by atoms with Gasteiger partial charge in [-0.2, -0.15) is 0 Å². The molecule has 0 atom stereocenters. The van der Waals surface area contributed by atoms with Crippen molar-refractivity contribution >= 4 is 12.1 Å². The average Bonchev–Trinajstić information content (AvgIpc) is 3.10. The summed E-state index contributed by atoms with van der Waals surface area (Å²) in [6.45, 7) is 27.7.